The van der Waals surface area contributed by atoms with Crippen LogP contribution < -0.4 is 5.73 Å². The number of amides is 1. The molecule has 0 radical (unpaired) electrons. The highest BCUT2D eigenvalue weighted by Gasteiger charge is 2.18. The van der Waals surface area contributed by atoms with Gasteiger partial charge in [0.1, 0.15) is 6.04 Å². The highest BCUT2D eigenvalue weighted by atomic mass is 35.5. The number of nitrogens with zero attached hydrogens (tertiary/aromatic N) is 1. The van der Waals surface area contributed by atoms with Crippen molar-refractivity contribution >= 4 is 18.3 Å². The minimum absolute atomic E-state index is 0. The van der Waals surface area contributed by atoms with Gasteiger partial charge in [-0.2, -0.15) is 0 Å². The number of carbonyl (C=O) groups excluding carboxylic acids is 1. The van der Waals surface area contributed by atoms with Crippen LogP contribution in [0, 0.1) is 0 Å². The minimum atomic E-state index is -0.580. The summed E-state index contributed by atoms with van der Waals surface area (Å²) in [5.41, 5.74) is 6.76. The Morgan fingerprint density at radius 1 is 1.39 bits per heavy atom. The van der Waals surface area contributed by atoms with Crippen LogP contribution in [0.25, 0.3) is 0 Å². The van der Waals surface area contributed by atoms with Crippen LogP contribution in [0.3, 0.4) is 0 Å². The largest absolute Gasteiger partial charge is 0.385 e. The maximum Gasteiger partial charge on any atom is 0.243 e. The molecule has 0 spiro atoms. The molecule has 1 unspecified atom stereocenters. The van der Waals surface area contributed by atoms with E-state index in [1.807, 2.05) is 30.3 Å². The Hall–Kier alpha value is -1.10. The molecule has 1 amide bonds. The van der Waals surface area contributed by atoms with Crippen molar-refractivity contribution in [3.05, 3.63) is 35.9 Å². The fraction of sp³-hybridized carbons (Fsp3) is 0.462. The van der Waals surface area contributed by atoms with Gasteiger partial charge in [0.2, 0.25) is 5.91 Å². The van der Waals surface area contributed by atoms with Gasteiger partial charge in [0.25, 0.3) is 0 Å². The first kappa shape index (κ1) is 16.9. The summed E-state index contributed by atoms with van der Waals surface area (Å²) in [6.45, 7) is 1.31. The molecule has 0 aliphatic carbocycles. The number of nitrogens with two attached hydrogens (primary N) is 1. The Morgan fingerprint density at radius 2 is 2.00 bits per heavy atom. The van der Waals surface area contributed by atoms with Crippen molar-refractivity contribution < 1.29 is 9.53 Å². The molecular formula is C13H21ClN2O2. The molecule has 102 valence electrons. The summed E-state index contributed by atoms with van der Waals surface area (Å²) in [6, 6.07) is 8.82. The fourth-order valence-electron chi connectivity index (χ4n) is 1.60. The molecule has 0 aliphatic rings. The summed E-state index contributed by atoms with van der Waals surface area (Å²) in [6.07, 6.45) is 0.820. The molecule has 0 aliphatic heterocycles. The van der Waals surface area contributed by atoms with Gasteiger partial charge in [-0.25, -0.2) is 0 Å². The van der Waals surface area contributed by atoms with Gasteiger partial charge in [-0.05, 0) is 12.0 Å². The Balaban J connectivity index is 0.00000289. The second-order valence-electron chi connectivity index (χ2n) is 3.99. The zero-order chi connectivity index (χ0) is 12.7. The number of ether oxygens (including phenoxy) is 1. The summed E-state index contributed by atoms with van der Waals surface area (Å²) >= 11 is 0. The summed E-state index contributed by atoms with van der Waals surface area (Å²) in [5.74, 6) is -0.0627. The van der Waals surface area contributed by atoms with Crippen LogP contribution in [0.15, 0.2) is 30.3 Å². The van der Waals surface area contributed by atoms with E-state index in [9.17, 15) is 4.79 Å². The smallest absolute Gasteiger partial charge is 0.243 e. The van der Waals surface area contributed by atoms with Gasteiger partial charge in [0.05, 0.1) is 0 Å². The van der Waals surface area contributed by atoms with Crippen molar-refractivity contribution in [3.8, 4) is 0 Å². The molecule has 1 rings (SSSR count). The van der Waals surface area contributed by atoms with Crippen molar-refractivity contribution in [2.24, 2.45) is 5.73 Å². The molecular weight excluding hydrogens is 252 g/mol. The van der Waals surface area contributed by atoms with E-state index in [1.165, 1.54) is 0 Å². The van der Waals surface area contributed by atoms with Gasteiger partial charge >= 0.3 is 0 Å². The van der Waals surface area contributed by atoms with Crippen LogP contribution in [0.1, 0.15) is 18.0 Å². The van der Waals surface area contributed by atoms with E-state index >= 15 is 0 Å². The predicted molar refractivity (Wildman–Crippen MR) is 74.7 cm³/mol. The van der Waals surface area contributed by atoms with Crippen molar-refractivity contribution in [3.63, 3.8) is 0 Å². The third kappa shape index (κ3) is 5.04. The molecule has 1 atom stereocenters. The van der Waals surface area contributed by atoms with E-state index in [4.69, 9.17) is 10.5 Å². The Kier molecular flexibility index (Phi) is 8.37. The molecule has 1 aromatic carbocycles. The zero-order valence-corrected chi connectivity index (χ0v) is 11.7. The lowest BCUT2D eigenvalue weighted by molar-refractivity contribution is -0.131. The highest BCUT2D eigenvalue weighted by molar-refractivity contribution is 5.85. The molecule has 0 saturated carbocycles. The van der Waals surface area contributed by atoms with Gasteiger partial charge in [-0.1, -0.05) is 30.3 Å². The van der Waals surface area contributed by atoms with E-state index in [2.05, 4.69) is 0 Å². The minimum Gasteiger partial charge on any atom is -0.385 e. The average molecular weight is 273 g/mol. The number of halogens is 1. The fourth-order valence-corrected chi connectivity index (χ4v) is 1.60. The molecule has 2 N–H and O–H groups in total. The molecule has 0 heterocycles. The van der Waals surface area contributed by atoms with Crippen LogP contribution in [0.5, 0.6) is 0 Å². The maximum absolute atomic E-state index is 12.0. The summed E-state index contributed by atoms with van der Waals surface area (Å²) in [7, 11) is 3.41. The summed E-state index contributed by atoms with van der Waals surface area (Å²) in [5, 5.41) is 0. The van der Waals surface area contributed by atoms with Crippen LogP contribution in [-0.2, 0) is 9.53 Å². The predicted octanol–water partition coefficient (Wildman–Crippen LogP) is 1.60. The molecule has 5 heteroatoms. The van der Waals surface area contributed by atoms with Crippen molar-refractivity contribution in [2.75, 3.05) is 27.3 Å². The lowest BCUT2D eigenvalue weighted by atomic mass is 10.1. The van der Waals surface area contributed by atoms with Gasteiger partial charge in [0, 0.05) is 27.3 Å². The highest BCUT2D eigenvalue weighted by Crippen LogP contribution is 2.12. The first-order valence-corrected chi connectivity index (χ1v) is 5.71. The van der Waals surface area contributed by atoms with E-state index < -0.39 is 6.04 Å². The van der Waals surface area contributed by atoms with Crippen LogP contribution >= 0.6 is 12.4 Å². The van der Waals surface area contributed by atoms with E-state index in [0.717, 1.165) is 12.0 Å². The lowest BCUT2D eigenvalue weighted by Gasteiger charge is -2.21. The van der Waals surface area contributed by atoms with Crippen molar-refractivity contribution in [2.45, 2.75) is 12.5 Å². The van der Waals surface area contributed by atoms with Gasteiger partial charge in [0.15, 0.2) is 0 Å². The number of benzene rings is 1. The van der Waals surface area contributed by atoms with Crippen LogP contribution in [-0.4, -0.2) is 38.1 Å². The molecule has 0 aromatic heterocycles. The Labute approximate surface area is 115 Å². The quantitative estimate of drug-likeness (QED) is 0.801. The Morgan fingerprint density at radius 3 is 2.56 bits per heavy atom. The lowest BCUT2D eigenvalue weighted by Crippen LogP contribution is -2.36. The molecule has 0 bridgehead atoms. The molecule has 18 heavy (non-hydrogen) atoms. The number of hydrogen-bond acceptors (Lipinski definition) is 3. The van der Waals surface area contributed by atoms with Gasteiger partial charge < -0.3 is 15.4 Å². The SMILES string of the molecule is COCCCN(C)C(=O)C(N)c1ccccc1.Cl. The van der Waals surface area contributed by atoms with Gasteiger partial charge in [-0.15, -0.1) is 12.4 Å². The first-order chi connectivity index (χ1) is 8.16. The first-order valence-electron chi connectivity index (χ1n) is 5.71. The third-order valence-electron chi connectivity index (χ3n) is 2.64. The topological polar surface area (TPSA) is 55.6 Å². The van der Waals surface area contributed by atoms with Gasteiger partial charge in [-0.3, -0.25) is 4.79 Å². The zero-order valence-electron chi connectivity index (χ0n) is 10.8. The monoisotopic (exact) mass is 272 g/mol. The van der Waals surface area contributed by atoms with E-state index in [0.29, 0.717) is 13.2 Å². The standard InChI is InChI=1S/C13H20N2O2.ClH/c1-15(9-6-10-17-2)13(16)12(14)11-7-4-3-5-8-11;/h3-5,7-8,12H,6,9-10,14H2,1-2H3;1H. The second-order valence-corrected chi connectivity index (χ2v) is 3.99. The number of carbonyl (C=O) groups is 1. The number of methoxy groups -OCH3 is 1. The van der Waals surface area contributed by atoms with Crippen LogP contribution in [0.2, 0.25) is 0 Å². The van der Waals surface area contributed by atoms with E-state index in [-0.39, 0.29) is 18.3 Å². The van der Waals surface area contributed by atoms with E-state index in [1.54, 1.807) is 19.1 Å². The molecule has 1 aromatic rings. The third-order valence-corrected chi connectivity index (χ3v) is 2.64. The van der Waals surface area contributed by atoms with Crippen molar-refractivity contribution in [1.82, 2.24) is 4.90 Å². The number of likely N-dealkylation sites (N-methyl/N-ethyl adjacent to an activating group) is 1. The van der Waals surface area contributed by atoms with Crippen molar-refractivity contribution in [1.29, 1.82) is 0 Å². The molecule has 0 saturated heterocycles. The average Bonchev–Trinajstić information content (AvgIpc) is 2.38. The summed E-state index contributed by atoms with van der Waals surface area (Å²) in [4.78, 5) is 13.6. The molecule has 0 fully saturated rings. The maximum atomic E-state index is 12.0. The normalized spacial score (nSPS) is 11.5. The molecule has 4 nitrogen and oxygen atoms in total. The van der Waals surface area contributed by atoms with Crippen LogP contribution in [0.4, 0.5) is 0 Å². The second kappa shape index (κ2) is 8.91. The number of rotatable bonds is 6. The summed E-state index contributed by atoms with van der Waals surface area (Å²) < 4.78 is 4.95. The Bertz CT molecular complexity index is 346. The number of hydrogen-bond donors (Lipinski definition) is 1.